The minimum Gasteiger partial charge on any atom is -0.378 e. The van der Waals surface area contributed by atoms with Gasteiger partial charge >= 0.3 is 0 Å². The minimum absolute atomic E-state index is 0.0554. The van der Waals surface area contributed by atoms with Gasteiger partial charge in [-0.05, 0) is 105 Å². The van der Waals surface area contributed by atoms with Gasteiger partial charge in [0.2, 0.25) is 0 Å². The maximum atomic E-state index is 15.7. The van der Waals surface area contributed by atoms with Gasteiger partial charge in [0.1, 0.15) is 11.6 Å². The molecule has 1 nitrogen and oxygen atoms in total. The van der Waals surface area contributed by atoms with E-state index in [-0.39, 0.29) is 17.6 Å². The Hall–Kier alpha value is -0.960. The van der Waals surface area contributed by atoms with E-state index in [0.717, 1.165) is 75.5 Å². The third kappa shape index (κ3) is 7.08. The smallest absolute Gasteiger partial charge is 0.133 e. The van der Waals surface area contributed by atoms with E-state index in [9.17, 15) is 0 Å². The van der Waals surface area contributed by atoms with E-state index in [1.807, 2.05) is 0 Å². The van der Waals surface area contributed by atoms with Crippen molar-refractivity contribution in [1.29, 1.82) is 0 Å². The summed E-state index contributed by atoms with van der Waals surface area (Å²) in [7, 11) is 0. The molecule has 0 bridgehead atoms. The Kier molecular flexibility index (Phi) is 10.5. The van der Waals surface area contributed by atoms with E-state index in [4.69, 9.17) is 4.74 Å². The van der Waals surface area contributed by atoms with Crippen molar-refractivity contribution in [3.05, 3.63) is 34.4 Å². The number of hydrogen-bond acceptors (Lipinski definition) is 1. The summed E-state index contributed by atoms with van der Waals surface area (Å²) >= 11 is 0. The first-order valence-electron chi connectivity index (χ1n) is 15.2. The Labute approximate surface area is 213 Å². The molecule has 4 rings (SSSR count). The summed E-state index contributed by atoms with van der Waals surface area (Å²) in [5, 5.41) is 0. The normalized spacial score (nSPS) is 28.5. The molecule has 2 fully saturated rings. The number of benzene rings is 1. The largest absolute Gasteiger partial charge is 0.378 e. The van der Waals surface area contributed by atoms with Gasteiger partial charge in [0, 0.05) is 12.2 Å². The van der Waals surface area contributed by atoms with Gasteiger partial charge in [-0.2, -0.15) is 0 Å². The van der Waals surface area contributed by atoms with Gasteiger partial charge in [-0.15, -0.1) is 0 Å². The fraction of sp³-hybridized carbons (Fsp3) is 0.812. The molecule has 0 radical (unpaired) electrons. The quantitative estimate of drug-likeness (QED) is 0.266. The predicted molar refractivity (Wildman–Crippen MR) is 142 cm³/mol. The molecule has 5 unspecified atom stereocenters. The number of ether oxygens (including phenoxy) is 1. The van der Waals surface area contributed by atoms with Gasteiger partial charge in [0.05, 0.1) is 6.10 Å². The fourth-order valence-corrected chi connectivity index (χ4v) is 7.46. The fourth-order valence-electron chi connectivity index (χ4n) is 7.46. The van der Waals surface area contributed by atoms with E-state index in [1.54, 1.807) is 6.07 Å². The van der Waals surface area contributed by atoms with Crippen molar-refractivity contribution in [3.8, 4) is 0 Å². The van der Waals surface area contributed by atoms with Crippen LogP contribution in [-0.4, -0.2) is 12.7 Å². The second kappa shape index (κ2) is 13.5. The van der Waals surface area contributed by atoms with Crippen molar-refractivity contribution in [3.63, 3.8) is 0 Å². The standard InChI is InChI=1S/C32H50F2O/c1-3-5-7-8-9-11-23-12-17-29-27(19-23)22-30(33)31(32(29)34)26-14-13-25-21-28(16-15-24(25)20-26)35-18-10-6-4-2/h22-26,28H,3-21H2,1-2H3. The molecule has 0 aromatic heterocycles. The summed E-state index contributed by atoms with van der Waals surface area (Å²) in [4.78, 5) is 0. The molecule has 3 aliphatic rings. The molecule has 198 valence electrons. The summed E-state index contributed by atoms with van der Waals surface area (Å²) in [5.74, 6) is 1.50. The van der Waals surface area contributed by atoms with Gasteiger partial charge in [0.15, 0.2) is 0 Å². The SMILES string of the molecule is CCCCCCCC1CCc2c(cc(F)c(C3CCC4CC(OCCCCC)CCC4C3)c2F)C1. The van der Waals surface area contributed by atoms with E-state index in [1.165, 1.54) is 57.8 Å². The molecule has 1 aromatic rings. The van der Waals surface area contributed by atoms with Crippen LogP contribution in [0.1, 0.15) is 139 Å². The molecule has 0 heterocycles. The van der Waals surface area contributed by atoms with Crippen molar-refractivity contribution in [2.45, 2.75) is 141 Å². The van der Waals surface area contributed by atoms with Crippen LogP contribution in [0.2, 0.25) is 0 Å². The molecule has 35 heavy (non-hydrogen) atoms. The molecule has 3 heteroatoms. The van der Waals surface area contributed by atoms with E-state index >= 15 is 8.78 Å². The molecular formula is C32H50F2O. The Balaban J connectivity index is 1.32. The summed E-state index contributed by atoms with van der Waals surface area (Å²) in [6, 6.07) is 1.73. The lowest BCUT2D eigenvalue weighted by molar-refractivity contribution is -0.0165. The summed E-state index contributed by atoms with van der Waals surface area (Å²) in [6.07, 6.45) is 20.9. The van der Waals surface area contributed by atoms with Crippen molar-refractivity contribution < 1.29 is 13.5 Å². The van der Waals surface area contributed by atoms with Crippen molar-refractivity contribution in [2.75, 3.05) is 6.61 Å². The zero-order valence-corrected chi connectivity index (χ0v) is 22.6. The van der Waals surface area contributed by atoms with Gasteiger partial charge in [0.25, 0.3) is 0 Å². The monoisotopic (exact) mass is 488 g/mol. The lowest BCUT2D eigenvalue weighted by Gasteiger charge is -2.42. The Morgan fingerprint density at radius 2 is 1.57 bits per heavy atom. The van der Waals surface area contributed by atoms with Crippen molar-refractivity contribution in [2.24, 2.45) is 17.8 Å². The highest BCUT2D eigenvalue weighted by Gasteiger charge is 2.38. The highest BCUT2D eigenvalue weighted by molar-refractivity contribution is 5.39. The topological polar surface area (TPSA) is 9.23 Å². The maximum Gasteiger partial charge on any atom is 0.133 e. The Bertz CT molecular complexity index is 790. The molecule has 0 aliphatic heterocycles. The van der Waals surface area contributed by atoms with Crippen LogP contribution in [0.4, 0.5) is 8.78 Å². The molecule has 0 saturated heterocycles. The molecule has 5 atom stereocenters. The number of rotatable bonds is 12. The molecule has 1 aromatic carbocycles. The molecule has 3 aliphatic carbocycles. The zero-order chi connectivity index (χ0) is 24.6. The van der Waals surface area contributed by atoms with Crippen LogP contribution >= 0.6 is 0 Å². The number of unbranched alkanes of at least 4 members (excludes halogenated alkanes) is 6. The summed E-state index contributed by atoms with van der Waals surface area (Å²) < 4.78 is 37.3. The van der Waals surface area contributed by atoms with Crippen LogP contribution < -0.4 is 0 Å². The first-order chi connectivity index (χ1) is 17.1. The van der Waals surface area contributed by atoms with E-state index in [0.29, 0.717) is 29.4 Å². The average Bonchev–Trinajstić information content (AvgIpc) is 2.86. The first-order valence-corrected chi connectivity index (χ1v) is 15.2. The van der Waals surface area contributed by atoms with Crippen LogP contribution in [0.25, 0.3) is 0 Å². The van der Waals surface area contributed by atoms with Gasteiger partial charge in [-0.3, -0.25) is 0 Å². The highest BCUT2D eigenvalue weighted by atomic mass is 19.1. The molecule has 0 spiro atoms. The van der Waals surface area contributed by atoms with Crippen LogP contribution in [0.3, 0.4) is 0 Å². The molecule has 0 N–H and O–H groups in total. The third-order valence-corrected chi connectivity index (χ3v) is 9.55. The highest BCUT2D eigenvalue weighted by Crippen LogP contribution is 2.48. The zero-order valence-electron chi connectivity index (χ0n) is 22.6. The number of halogens is 2. The second-order valence-corrected chi connectivity index (χ2v) is 12.1. The minimum atomic E-state index is -0.263. The van der Waals surface area contributed by atoms with E-state index < -0.39 is 0 Å². The summed E-state index contributed by atoms with van der Waals surface area (Å²) in [5.41, 5.74) is 2.23. The third-order valence-electron chi connectivity index (χ3n) is 9.55. The molecule has 2 saturated carbocycles. The molecular weight excluding hydrogens is 438 g/mol. The lowest BCUT2D eigenvalue weighted by Crippen LogP contribution is -2.34. The van der Waals surface area contributed by atoms with E-state index in [2.05, 4.69) is 13.8 Å². The van der Waals surface area contributed by atoms with Gasteiger partial charge in [-0.25, -0.2) is 8.78 Å². The summed E-state index contributed by atoms with van der Waals surface area (Å²) in [6.45, 7) is 5.37. The second-order valence-electron chi connectivity index (χ2n) is 12.1. The van der Waals surface area contributed by atoms with Gasteiger partial charge in [-0.1, -0.05) is 65.2 Å². The van der Waals surface area contributed by atoms with Crippen molar-refractivity contribution >= 4 is 0 Å². The van der Waals surface area contributed by atoms with Crippen LogP contribution in [-0.2, 0) is 17.6 Å². The maximum absolute atomic E-state index is 15.7. The lowest BCUT2D eigenvalue weighted by atomic mass is 9.65. The Morgan fingerprint density at radius 3 is 2.40 bits per heavy atom. The number of hydrogen-bond donors (Lipinski definition) is 0. The van der Waals surface area contributed by atoms with Crippen molar-refractivity contribution in [1.82, 2.24) is 0 Å². The van der Waals surface area contributed by atoms with Gasteiger partial charge < -0.3 is 4.74 Å². The molecule has 0 amide bonds. The predicted octanol–water partition coefficient (Wildman–Crippen LogP) is 9.69. The Morgan fingerprint density at radius 1 is 0.829 bits per heavy atom. The average molecular weight is 489 g/mol. The first kappa shape index (κ1) is 27.1. The van der Waals surface area contributed by atoms with Crippen LogP contribution in [0, 0.1) is 29.4 Å². The number of fused-ring (bicyclic) bond motifs is 2. The van der Waals surface area contributed by atoms with Crippen LogP contribution in [0.15, 0.2) is 6.07 Å². The van der Waals surface area contributed by atoms with Crippen LogP contribution in [0.5, 0.6) is 0 Å².